The topological polar surface area (TPSA) is 98.1 Å². The van der Waals surface area contributed by atoms with Gasteiger partial charge in [0.25, 0.3) is 5.91 Å². The number of carbonyl (C=O) groups is 2. The van der Waals surface area contributed by atoms with Crippen LogP contribution >= 0.6 is 11.8 Å². The van der Waals surface area contributed by atoms with Crippen LogP contribution < -0.4 is 0 Å². The summed E-state index contributed by atoms with van der Waals surface area (Å²) in [6, 6.07) is 2.86. The van der Waals surface area contributed by atoms with Crippen LogP contribution in [0.25, 0.3) is 0 Å². The quantitative estimate of drug-likeness (QED) is 0.731. The molecule has 6 nitrogen and oxygen atoms in total. The molecule has 0 bridgehead atoms. The highest BCUT2D eigenvalue weighted by molar-refractivity contribution is 8.00. The first-order valence-corrected chi connectivity index (χ1v) is 7.19. The minimum absolute atomic E-state index is 0.160. The molecule has 2 atom stereocenters. The fourth-order valence-corrected chi connectivity index (χ4v) is 3.49. The Labute approximate surface area is 120 Å². The van der Waals surface area contributed by atoms with E-state index in [-0.39, 0.29) is 16.7 Å². The van der Waals surface area contributed by atoms with Crippen molar-refractivity contribution in [3.63, 3.8) is 0 Å². The highest BCUT2D eigenvalue weighted by Gasteiger charge is 2.41. The number of phenols is 2. The van der Waals surface area contributed by atoms with Gasteiger partial charge in [0.05, 0.1) is 5.37 Å². The number of phenolic OH excluding ortho intramolecular Hbond substituents is 2. The number of benzene rings is 1. The van der Waals surface area contributed by atoms with E-state index in [2.05, 4.69) is 0 Å². The first-order chi connectivity index (χ1) is 9.45. The Morgan fingerprint density at radius 1 is 1.35 bits per heavy atom. The van der Waals surface area contributed by atoms with Crippen molar-refractivity contribution in [1.82, 2.24) is 4.90 Å². The molecular formula is C13H15NO5S. The van der Waals surface area contributed by atoms with E-state index >= 15 is 0 Å². The zero-order valence-corrected chi connectivity index (χ0v) is 11.6. The standard InChI is InChI=1S/C13H15NO5S/c1-2-11-14(8(6-20-11)13(18)19)12(17)7-3-4-9(15)10(16)5-7/h3-5,8,11,15-16H,2,6H2,1H3,(H,18,19). The molecule has 3 N–H and O–H groups in total. The molecule has 1 amide bonds. The van der Waals surface area contributed by atoms with Crippen LogP contribution in [0.5, 0.6) is 11.5 Å². The third-order valence-electron chi connectivity index (χ3n) is 3.18. The molecular weight excluding hydrogens is 282 g/mol. The van der Waals surface area contributed by atoms with Gasteiger partial charge < -0.3 is 20.2 Å². The largest absolute Gasteiger partial charge is 0.504 e. The SMILES string of the molecule is CCC1SCC(C(=O)O)N1C(=O)c1ccc(O)c(O)c1. The molecule has 0 radical (unpaired) electrons. The molecule has 108 valence electrons. The number of carbonyl (C=O) groups excluding carboxylic acids is 1. The molecule has 0 aromatic heterocycles. The molecule has 0 saturated carbocycles. The van der Waals surface area contributed by atoms with E-state index in [1.165, 1.54) is 28.8 Å². The van der Waals surface area contributed by atoms with Crippen LogP contribution in [0.2, 0.25) is 0 Å². The van der Waals surface area contributed by atoms with E-state index in [9.17, 15) is 24.9 Å². The number of nitrogens with zero attached hydrogens (tertiary/aromatic N) is 1. The molecule has 0 aliphatic carbocycles. The Morgan fingerprint density at radius 2 is 2.05 bits per heavy atom. The summed E-state index contributed by atoms with van der Waals surface area (Å²) in [4.78, 5) is 25.0. The maximum atomic E-state index is 12.5. The summed E-state index contributed by atoms with van der Waals surface area (Å²) >= 11 is 1.43. The zero-order chi connectivity index (χ0) is 14.9. The number of hydrogen-bond acceptors (Lipinski definition) is 5. The second-order valence-electron chi connectivity index (χ2n) is 4.47. The Kier molecular flexibility index (Phi) is 4.08. The summed E-state index contributed by atoms with van der Waals surface area (Å²) in [5.74, 6) is -1.86. The van der Waals surface area contributed by atoms with Gasteiger partial charge >= 0.3 is 5.97 Å². The first-order valence-electron chi connectivity index (χ1n) is 6.14. The van der Waals surface area contributed by atoms with Crippen molar-refractivity contribution in [2.24, 2.45) is 0 Å². The summed E-state index contributed by atoms with van der Waals surface area (Å²) < 4.78 is 0. The van der Waals surface area contributed by atoms with Crippen molar-refractivity contribution >= 4 is 23.6 Å². The van der Waals surface area contributed by atoms with Crippen molar-refractivity contribution < 1.29 is 24.9 Å². The highest BCUT2D eigenvalue weighted by atomic mass is 32.2. The van der Waals surface area contributed by atoms with E-state index in [1.807, 2.05) is 6.92 Å². The van der Waals surface area contributed by atoms with Crippen LogP contribution in [0.4, 0.5) is 0 Å². The predicted octanol–water partition coefficient (Wildman–Crippen LogP) is 1.48. The normalized spacial score (nSPS) is 21.9. The molecule has 1 fully saturated rings. The summed E-state index contributed by atoms with van der Waals surface area (Å²) in [5, 5.41) is 27.7. The van der Waals surface area contributed by atoms with Gasteiger partial charge in [-0.05, 0) is 24.6 Å². The van der Waals surface area contributed by atoms with Crippen LogP contribution in [0.15, 0.2) is 18.2 Å². The molecule has 0 spiro atoms. The monoisotopic (exact) mass is 297 g/mol. The van der Waals surface area contributed by atoms with Crippen LogP contribution in [0.1, 0.15) is 23.7 Å². The summed E-state index contributed by atoms with van der Waals surface area (Å²) in [7, 11) is 0. The van der Waals surface area contributed by atoms with Crippen molar-refractivity contribution in [2.75, 3.05) is 5.75 Å². The van der Waals surface area contributed by atoms with E-state index in [1.54, 1.807) is 0 Å². The second kappa shape index (κ2) is 5.62. The van der Waals surface area contributed by atoms with Gasteiger partial charge in [0, 0.05) is 11.3 Å². The van der Waals surface area contributed by atoms with Crippen LogP contribution in [-0.2, 0) is 4.79 Å². The van der Waals surface area contributed by atoms with Gasteiger partial charge in [0.2, 0.25) is 0 Å². The summed E-state index contributed by atoms with van der Waals surface area (Å²) in [5.41, 5.74) is 0.160. The second-order valence-corrected chi connectivity index (χ2v) is 5.68. The highest BCUT2D eigenvalue weighted by Crippen LogP contribution is 2.34. The fourth-order valence-electron chi connectivity index (χ4n) is 2.15. The smallest absolute Gasteiger partial charge is 0.327 e. The molecule has 2 rings (SSSR count). The van der Waals surface area contributed by atoms with E-state index in [0.717, 1.165) is 6.07 Å². The van der Waals surface area contributed by atoms with Gasteiger partial charge in [-0.15, -0.1) is 11.8 Å². The van der Waals surface area contributed by atoms with Crippen LogP contribution in [-0.4, -0.2) is 49.3 Å². The number of carboxylic acid groups (broad SMARTS) is 1. The third kappa shape index (κ3) is 2.53. The van der Waals surface area contributed by atoms with E-state index in [0.29, 0.717) is 12.2 Å². The Bertz CT molecular complexity index is 548. The lowest BCUT2D eigenvalue weighted by Gasteiger charge is -2.26. The number of rotatable bonds is 3. The Hall–Kier alpha value is -1.89. The molecule has 1 aliphatic heterocycles. The van der Waals surface area contributed by atoms with Crippen molar-refractivity contribution in [3.05, 3.63) is 23.8 Å². The van der Waals surface area contributed by atoms with Crippen LogP contribution in [0.3, 0.4) is 0 Å². The molecule has 1 aliphatic rings. The predicted molar refractivity (Wildman–Crippen MR) is 73.9 cm³/mol. The maximum absolute atomic E-state index is 12.5. The number of aromatic hydroxyl groups is 2. The molecule has 1 heterocycles. The minimum Gasteiger partial charge on any atom is -0.504 e. The maximum Gasteiger partial charge on any atom is 0.327 e. The third-order valence-corrected chi connectivity index (χ3v) is 4.64. The van der Waals surface area contributed by atoms with Gasteiger partial charge in [-0.2, -0.15) is 0 Å². The Morgan fingerprint density at radius 3 is 2.60 bits per heavy atom. The molecule has 2 unspecified atom stereocenters. The Balaban J connectivity index is 2.33. The van der Waals surface area contributed by atoms with Gasteiger partial charge in [-0.1, -0.05) is 6.92 Å². The van der Waals surface area contributed by atoms with E-state index < -0.39 is 23.7 Å². The molecule has 20 heavy (non-hydrogen) atoms. The van der Waals surface area contributed by atoms with Crippen LogP contribution in [0, 0.1) is 0 Å². The number of amides is 1. The van der Waals surface area contributed by atoms with Gasteiger partial charge in [0.15, 0.2) is 11.5 Å². The number of thioether (sulfide) groups is 1. The summed E-state index contributed by atoms with van der Waals surface area (Å²) in [6.45, 7) is 1.89. The van der Waals surface area contributed by atoms with Crippen molar-refractivity contribution in [3.8, 4) is 11.5 Å². The average molecular weight is 297 g/mol. The van der Waals surface area contributed by atoms with Crippen molar-refractivity contribution in [1.29, 1.82) is 0 Å². The number of hydrogen-bond donors (Lipinski definition) is 3. The van der Waals surface area contributed by atoms with Gasteiger partial charge in [0.1, 0.15) is 6.04 Å². The molecule has 7 heteroatoms. The fraction of sp³-hybridized carbons (Fsp3) is 0.385. The van der Waals surface area contributed by atoms with Gasteiger partial charge in [-0.3, -0.25) is 4.79 Å². The lowest BCUT2D eigenvalue weighted by molar-refractivity contribution is -0.141. The number of aliphatic carboxylic acids is 1. The zero-order valence-electron chi connectivity index (χ0n) is 10.8. The lowest BCUT2D eigenvalue weighted by Crippen LogP contribution is -2.45. The summed E-state index contributed by atoms with van der Waals surface area (Å²) in [6.07, 6.45) is 0.643. The molecule has 1 saturated heterocycles. The average Bonchev–Trinajstić information content (AvgIpc) is 2.85. The number of carboxylic acids is 1. The van der Waals surface area contributed by atoms with Gasteiger partial charge in [-0.25, -0.2) is 4.79 Å². The molecule has 1 aromatic carbocycles. The minimum atomic E-state index is -1.04. The van der Waals surface area contributed by atoms with E-state index in [4.69, 9.17) is 0 Å². The molecule has 1 aromatic rings. The van der Waals surface area contributed by atoms with Crippen molar-refractivity contribution in [2.45, 2.75) is 24.8 Å². The lowest BCUT2D eigenvalue weighted by atomic mass is 10.1. The first kappa shape index (κ1) is 14.5.